The van der Waals surface area contributed by atoms with Crippen LogP contribution in [0.5, 0.6) is 5.75 Å². The van der Waals surface area contributed by atoms with Crippen molar-refractivity contribution in [2.24, 2.45) is 0 Å². The number of hydrogen-bond donors (Lipinski definition) is 0. The molecule has 0 amide bonds. The molecular formula is C17H13IO3. The van der Waals surface area contributed by atoms with Crippen LogP contribution in [0.2, 0.25) is 0 Å². The number of carbonyl (C=O) groups excluding carboxylic acids is 2. The van der Waals surface area contributed by atoms with Crippen molar-refractivity contribution in [2.45, 2.75) is 13.0 Å². The van der Waals surface area contributed by atoms with E-state index in [1.54, 1.807) is 31.2 Å². The summed E-state index contributed by atoms with van der Waals surface area (Å²) in [5.74, 6) is 0.125. The Balaban J connectivity index is 2.13. The predicted octanol–water partition coefficient (Wildman–Crippen LogP) is 3.23. The average molecular weight is 392 g/mol. The molecule has 2 aromatic rings. The number of ketones is 2. The Bertz CT molecular complexity index is 735. The molecule has 0 N–H and O–H groups in total. The molecule has 0 saturated heterocycles. The number of ether oxygens (including phenoxy) is 1. The molecule has 0 fully saturated rings. The Morgan fingerprint density at radius 3 is 2.38 bits per heavy atom. The molecule has 3 nitrogen and oxygen atoms in total. The Morgan fingerprint density at radius 2 is 1.62 bits per heavy atom. The van der Waals surface area contributed by atoms with E-state index in [0.29, 0.717) is 14.8 Å². The van der Waals surface area contributed by atoms with Crippen molar-refractivity contribution in [3.05, 3.63) is 63.7 Å². The summed E-state index contributed by atoms with van der Waals surface area (Å²) in [6.45, 7) is 1.70. The average Bonchev–Trinajstić information content (AvgIpc) is 2.60. The van der Waals surface area contributed by atoms with Gasteiger partial charge in [-0.1, -0.05) is 51.1 Å². The summed E-state index contributed by atoms with van der Waals surface area (Å²) in [4.78, 5) is 25.2. The number of hydrogen-bond acceptors (Lipinski definition) is 3. The van der Waals surface area contributed by atoms with E-state index in [-0.39, 0.29) is 11.6 Å². The smallest absolute Gasteiger partial charge is 0.212 e. The summed E-state index contributed by atoms with van der Waals surface area (Å²) < 4.78 is 7.09. The second-order valence-corrected chi connectivity index (χ2v) is 7.52. The van der Waals surface area contributed by atoms with Crippen LogP contribution < -0.4 is 4.74 Å². The van der Waals surface area contributed by atoms with Gasteiger partial charge in [0.1, 0.15) is 9.26 Å². The molecule has 1 unspecified atom stereocenters. The Morgan fingerprint density at radius 1 is 0.952 bits per heavy atom. The van der Waals surface area contributed by atoms with Crippen molar-refractivity contribution >= 4 is 35.8 Å². The lowest BCUT2D eigenvalue weighted by atomic mass is 10.1. The number of carbonyl (C=O) groups is 2. The Kier molecular flexibility index (Phi) is 3.96. The van der Waals surface area contributed by atoms with Gasteiger partial charge in [-0.25, -0.2) is 0 Å². The summed E-state index contributed by atoms with van der Waals surface area (Å²) in [5, 5.41) is 0. The minimum atomic E-state index is -0.808. The monoisotopic (exact) mass is 392 g/mol. The van der Waals surface area contributed by atoms with Crippen LogP contribution in [0.15, 0.2) is 54.6 Å². The zero-order valence-corrected chi connectivity index (χ0v) is 13.5. The predicted molar refractivity (Wildman–Crippen MR) is 90.0 cm³/mol. The molecular weight excluding hydrogens is 379 g/mol. The number of rotatable bonds is 1. The highest BCUT2D eigenvalue weighted by molar-refractivity contribution is 14.2. The molecule has 0 spiro atoms. The van der Waals surface area contributed by atoms with Gasteiger partial charge >= 0.3 is 0 Å². The molecule has 1 heterocycles. The maximum absolute atomic E-state index is 12.7. The topological polar surface area (TPSA) is 43.4 Å². The lowest BCUT2D eigenvalue weighted by Crippen LogP contribution is -2.31. The van der Waals surface area contributed by atoms with Crippen LogP contribution in [0.3, 0.4) is 0 Å². The second kappa shape index (κ2) is 5.89. The summed E-state index contributed by atoms with van der Waals surface area (Å²) >= 11 is -0.808. The summed E-state index contributed by atoms with van der Waals surface area (Å²) in [6, 6.07) is 16.8. The maximum atomic E-state index is 12.7. The van der Waals surface area contributed by atoms with Crippen LogP contribution in [-0.4, -0.2) is 21.2 Å². The van der Waals surface area contributed by atoms with Crippen molar-refractivity contribution in [1.82, 2.24) is 0 Å². The van der Waals surface area contributed by atoms with E-state index in [2.05, 4.69) is 0 Å². The maximum Gasteiger partial charge on any atom is 0.212 e. The molecule has 21 heavy (non-hydrogen) atoms. The molecule has 1 atom stereocenters. The van der Waals surface area contributed by atoms with Gasteiger partial charge in [0.2, 0.25) is 11.6 Å². The highest BCUT2D eigenvalue weighted by atomic mass is 127. The fourth-order valence-electron chi connectivity index (χ4n) is 2.09. The fraction of sp³-hybridized carbons (Fsp3) is 0.118. The first-order valence-corrected chi connectivity index (χ1v) is 8.74. The van der Waals surface area contributed by atoms with Gasteiger partial charge in [-0.05, 0) is 31.2 Å². The van der Waals surface area contributed by atoms with Gasteiger partial charge in [0.25, 0.3) is 0 Å². The van der Waals surface area contributed by atoms with E-state index in [0.717, 1.165) is 3.57 Å². The van der Waals surface area contributed by atoms with Crippen LogP contribution in [0.25, 0.3) is 0 Å². The van der Waals surface area contributed by atoms with Gasteiger partial charge in [-0.2, -0.15) is 0 Å². The third-order valence-electron chi connectivity index (χ3n) is 3.16. The van der Waals surface area contributed by atoms with Crippen molar-refractivity contribution in [1.29, 1.82) is 0 Å². The van der Waals surface area contributed by atoms with Gasteiger partial charge in [-0.15, -0.1) is 0 Å². The third kappa shape index (κ3) is 2.81. The van der Waals surface area contributed by atoms with E-state index in [4.69, 9.17) is 4.74 Å². The summed E-state index contributed by atoms with van der Waals surface area (Å²) in [7, 11) is 0. The van der Waals surface area contributed by atoms with Gasteiger partial charge in [0.15, 0.2) is 6.10 Å². The standard InChI is InChI=1S/C17H13IO3/c1-11-16(19)15(18-12-7-3-2-4-8-12)17(20)13-9-5-6-10-14(13)21-11/h2-11H,1H3. The quantitative estimate of drug-likeness (QED) is 0.700. The van der Waals surface area contributed by atoms with Gasteiger partial charge in [-0.3, -0.25) is 9.59 Å². The number of halogens is 1. The van der Waals surface area contributed by atoms with E-state index >= 15 is 0 Å². The molecule has 1 aliphatic heterocycles. The normalized spacial score (nSPS) is 20.2. The van der Waals surface area contributed by atoms with Crippen LogP contribution in [0, 0.1) is 3.57 Å². The first-order chi connectivity index (χ1) is 10.2. The minimum absolute atomic E-state index is 0.184. The first-order valence-electron chi connectivity index (χ1n) is 6.58. The van der Waals surface area contributed by atoms with Gasteiger partial charge in [0.05, 0.1) is 5.56 Å². The van der Waals surface area contributed by atoms with Crippen molar-refractivity contribution in [2.75, 3.05) is 0 Å². The zero-order valence-electron chi connectivity index (χ0n) is 11.4. The fourth-order valence-corrected chi connectivity index (χ4v) is 4.72. The number of fused-ring (bicyclic) bond motifs is 1. The van der Waals surface area contributed by atoms with E-state index < -0.39 is 26.8 Å². The summed E-state index contributed by atoms with van der Waals surface area (Å²) in [5.41, 5.74) is 0.487. The lowest BCUT2D eigenvalue weighted by molar-refractivity contribution is -0.118. The van der Waals surface area contributed by atoms with E-state index in [1.165, 1.54) is 0 Å². The molecule has 106 valence electrons. The highest BCUT2D eigenvalue weighted by Gasteiger charge is 2.32. The van der Waals surface area contributed by atoms with Crippen LogP contribution >= 0.6 is 20.7 Å². The number of Topliss-reactive ketones (excluding diaryl/α,β-unsaturated/α-hetero) is 2. The molecule has 2 aromatic carbocycles. The van der Waals surface area contributed by atoms with E-state index in [9.17, 15) is 9.59 Å². The molecule has 4 heteroatoms. The molecule has 0 aromatic heterocycles. The largest absolute Gasteiger partial charge is 0.482 e. The molecule has 0 aliphatic carbocycles. The highest BCUT2D eigenvalue weighted by Crippen LogP contribution is 2.27. The van der Waals surface area contributed by atoms with Crippen molar-refractivity contribution < 1.29 is 14.3 Å². The SMILES string of the molecule is CC1Oc2ccccc2C(=O)C(=Ic2ccccc2)C1=O. The lowest BCUT2D eigenvalue weighted by Gasteiger charge is -2.10. The van der Waals surface area contributed by atoms with E-state index in [1.807, 2.05) is 30.3 Å². The second-order valence-electron chi connectivity index (χ2n) is 4.65. The number of para-hydroxylation sites is 1. The van der Waals surface area contributed by atoms with Crippen LogP contribution in [0.4, 0.5) is 0 Å². The van der Waals surface area contributed by atoms with Gasteiger partial charge < -0.3 is 4.74 Å². The summed E-state index contributed by atoms with van der Waals surface area (Å²) in [6.07, 6.45) is -0.615. The van der Waals surface area contributed by atoms with Gasteiger partial charge in [0, 0.05) is 3.57 Å². The van der Waals surface area contributed by atoms with Crippen LogP contribution in [0.1, 0.15) is 17.3 Å². The first kappa shape index (κ1) is 14.1. The Hall–Kier alpha value is -1.82. The number of benzene rings is 2. The van der Waals surface area contributed by atoms with Crippen molar-refractivity contribution in [3.63, 3.8) is 0 Å². The molecule has 0 radical (unpaired) electrons. The van der Waals surface area contributed by atoms with Crippen molar-refractivity contribution in [3.8, 4) is 5.75 Å². The molecule has 3 rings (SSSR count). The van der Waals surface area contributed by atoms with Crippen LogP contribution in [-0.2, 0) is 4.79 Å². The molecule has 1 aliphatic rings. The zero-order chi connectivity index (χ0) is 14.8. The Labute approximate surface area is 132 Å². The molecule has 0 bridgehead atoms. The molecule has 0 saturated carbocycles. The minimum Gasteiger partial charge on any atom is -0.482 e. The third-order valence-corrected chi connectivity index (χ3v) is 6.06.